The zero-order valence-corrected chi connectivity index (χ0v) is 9.00. The van der Waals surface area contributed by atoms with Gasteiger partial charge in [-0.3, -0.25) is 4.98 Å². The van der Waals surface area contributed by atoms with E-state index in [1.807, 2.05) is 29.1 Å². The first kappa shape index (κ1) is 9.39. The minimum absolute atomic E-state index is 0.741. The zero-order valence-electron chi connectivity index (χ0n) is 9.00. The van der Waals surface area contributed by atoms with Gasteiger partial charge >= 0.3 is 0 Å². The number of anilines is 1. The van der Waals surface area contributed by atoms with Crippen molar-refractivity contribution in [1.29, 1.82) is 0 Å². The Bertz CT molecular complexity index is 485. The van der Waals surface area contributed by atoms with E-state index in [2.05, 4.69) is 10.1 Å². The van der Waals surface area contributed by atoms with Crippen molar-refractivity contribution in [2.24, 2.45) is 5.92 Å². The van der Waals surface area contributed by atoms with Gasteiger partial charge in [-0.25, -0.2) is 4.68 Å². The Labute approximate surface area is 94.1 Å². The summed E-state index contributed by atoms with van der Waals surface area (Å²) in [6, 6.07) is 5.82. The van der Waals surface area contributed by atoms with Crippen LogP contribution in [0.4, 0.5) is 5.82 Å². The number of hydrogen-bond donors (Lipinski definition) is 1. The fourth-order valence-electron chi connectivity index (χ4n) is 1.78. The molecule has 1 aliphatic carbocycles. The van der Waals surface area contributed by atoms with Crippen molar-refractivity contribution in [2.45, 2.75) is 19.4 Å². The number of hydrogen-bond acceptors (Lipinski definition) is 3. The van der Waals surface area contributed by atoms with E-state index in [1.165, 1.54) is 12.8 Å². The van der Waals surface area contributed by atoms with E-state index >= 15 is 0 Å². The summed E-state index contributed by atoms with van der Waals surface area (Å²) >= 11 is 0. The second-order valence-corrected chi connectivity index (χ2v) is 4.32. The summed E-state index contributed by atoms with van der Waals surface area (Å²) in [6.07, 6.45) is 6.18. The smallest absolute Gasteiger partial charge is 0.122 e. The third-order valence-corrected chi connectivity index (χ3v) is 2.90. The normalized spacial score (nSPS) is 15.2. The summed E-state index contributed by atoms with van der Waals surface area (Å²) in [5.74, 6) is 1.52. The van der Waals surface area contributed by atoms with Crippen LogP contribution >= 0.6 is 0 Å². The Morgan fingerprint density at radius 2 is 2.31 bits per heavy atom. The number of aromatic nitrogens is 3. The SMILES string of the molecule is Nc1cc(-c2cccnc2)nn1CC1CC1. The maximum atomic E-state index is 5.93. The van der Waals surface area contributed by atoms with Crippen LogP contribution in [0.2, 0.25) is 0 Å². The first-order valence-corrected chi connectivity index (χ1v) is 5.56. The molecular weight excluding hydrogens is 200 g/mol. The molecule has 0 unspecified atom stereocenters. The van der Waals surface area contributed by atoms with Crippen molar-refractivity contribution in [2.75, 3.05) is 5.73 Å². The van der Waals surface area contributed by atoms with Crippen molar-refractivity contribution >= 4 is 5.82 Å². The highest BCUT2D eigenvalue weighted by molar-refractivity contribution is 5.61. The largest absolute Gasteiger partial charge is 0.384 e. The Kier molecular flexibility index (Phi) is 2.13. The summed E-state index contributed by atoms with van der Waals surface area (Å²) in [5, 5.41) is 4.51. The highest BCUT2D eigenvalue weighted by Crippen LogP contribution is 2.31. The van der Waals surface area contributed by atoms with Gasteiger partial charge in [0.2, 0.25) is 0 Å². The standard InChI is InChI=1S/C12H14N4/c13-12-6-11(10-2-1-5-14-7-10)15-16(12)8-9-3-4-9/h1-2,5-7,9H,3-4,8,13H2. The second kappa shape index (κ2) is 3.63. The molecule has 1 aliphatic rings. The average molecular weight is 214 g/mol. The highest BCUT2D eigenvalue weighted by atomic mass is 15.3. The molecule has 2 aromatic rings. The summed E-state index contributed by atoms with van der Waals surface area (Å²) in [7, 11) is 0. The maximum absolute atomic E-state index is 5.93. The summed E-state index contributed by atoms with van der Waals surface area (Å²) in [4.78, 5) is 4.08. The Morgan fingerprint density at radius 1 is 1.44 bits per heavy atom. The lowest BCUT2D eigenvalue weighted by Gasteiger charge is -2.00. The molecule has 4 heteroatoms. The minimum Gasteiger partial charge on any atom is -0.384 e. The van der Waals surface area contributed by atoms with Gasteiger partial charge in [0.25, 0.3) is 0 Å². The van der Waals surface area contributed by atoms with Crippen LogP contribution < -0.4 is 5.73 Å². The summed E-state index contributed by atoms with van der Waals surface area (Å²) in [5.41, 5.74) is 7.86. The Hall–Kier alpha value is -1.84. The van der Waals surface area contributed by atoms with Crippen LogP contribution in [0.5, 0.6) is 0 Å². The van der Waals surface area contributed by atoms with E-state index in [-0.39, 0.29) is 0 Å². The molecule has 2 aromatic heterocycles. The fourth-order valence-corrected chi connectivity index (χ4v) is 1.78. The van der Waals surface area contributed by atoms with Crippen LogP contribution in [-0.2, 0) is 6.54 Å². The third kappa shape index (κ3) is 1.78. The fraction of sp³-hybridized carbons (Fsp3) is 0.333. The molecule has 0 bridgehead atoms. The van der Waals surface area contributed by atoms with Gasteiger partial charge in [0, 0.05) is 30.6 Å². The molecule has 1 saturated carbocycles. The molecular formula is C12H14N4. The van der Waals surface area contributed by atoms with Gasteiger partial charge in [0.1, 0.15) is 5.82 Å². The van der Waals surface area contributed by atoms with Crippen molar-refractivity contribution < 1.29 is 0 Å². The molecule has 0 spiro atoms. The first-order valence-electron chi connectivity index (χ1n) is 5.56. The molecule has 2 heterocycles. The molecule has 0 radical (unpaired) electrons. The van der Waals surface area contributed by atoms with Gasteiger partial charge in [-0.15, -0.1) is 0 Å². The van der Waals surface area contributed by atoms with E-state index in [0.29, 0.717) is 0 Å². The topological polar surface area (TPSA) is 56.7 Å². The quantitative estimate of drug-likeness (QED) is 0.849. The van der Waals surface area contributed by atoms with Gasteiger partial charge in [0.15, 0.2) is 0 Å². The lowest BCUT2D eigenvalue weighted by atomic mass is 10.2. The van der Waals surface area contributed by atoms with Crippen molar-refractivity contribution in [3.8, 4) is 11.3 Å². The first-order chi connectivity index (χ1) is 7.83. The predicted octanol–water partition coefficient (Wildman–Crippen LogP) is 1.94. The number of nitrogens with zero attached hydrogens (tertiary/aromatic N) is 3. The predicted molar refractivity (Wildman–Crippen MR) is 62.6 cm³/mol. The van der Waals surface area contributed by atoms with Crippen LogP contribution in [0.3, 0.4) is 0 Å². The molecule has 2 N–H and O–H groups in total. The summed E-state index contributed by atoms with van der Waals surface area (Å²) in [6.45, 7) is 0.950. The van der Waals surface area contributed by atoms with Crippen LogP contribution in [-0.4, -0.2) is 14.8 Å². The lowest BCUT2D eigenvalue weighted by molar-refractivity contribution is 0.572. The van der Waals surface area contributed by atoms with E-state index < -0.39 is 0 Å². The summed E-state index contributed by atoms with van der Waals surface area (Å²) < 4.78 is 1.90. The maximum Gasteiger partial charge on any atom is 0.122 e. The molecule has 4 nitrogen and oxygen atoms in total. The monoisotopic (exact) mass is 214 g/mol. The molecule has 1 fully saturated rings. The number of pyridine rings is 1. The van der Waals surface area contributed by atoms with E-state index in [4.69, 9.17) is 5.73 Å². The molecule has 0 atom stereocenters. The average Bonchev–Trinajstić information content (AvgIpc) is 3.05. The number of nitrogens with two attached hydrogens (primary N) is 1. The van der Waals surface area contributed by atoms with Crippen LogP contribution in [0.25, 0.3) is 11.3 Å². The van der Waals surface area contributed by atoms with E-state index in [9.17, 15) is 0 Å². The van der Waals surface area contributed by atoms with Gasteiger partial charge < -0.3 is 5.73 Å². The van der Waals surface area contributed by atoms with Crippen molar-refractivity contribution in [3.05, 3.63) is 30.6 Å². The van der Waals surface area contributed by atoms with Crippen LogP contribution in [0, 0.1) is 5.92 Å². The number of rotatable bonds is 3. The molecule has 0 aliphatic heterocycles. The molecule has 82 valence electrons. The molecule has 16 heavy (non-hydrogen) atoms. The van der Waals surface area contributed by atoms with Crippen LogP contribution in [0.15, 0.2) is 30.6 Å². The van der Waals surface area contributed by atoms with Gasteiger partial charge in [0.05, 0.1) is 5.69 Å². The molecule has 3 rings (SSSR count). The third-order valence-electron chi connectivity index (χ3n) is 2.90. The number of nitrogen functional groups attached to an aromatic ring is 1. The zero-order chi connectivity index (χ0) is 11.0. The Balaban J connectivity index is 1.90. The van der Waals surface area contributed by atoms with Gasteiger partial charge in [-0.05, 0) is 30.9 Å². The van der Waals surface area contributed by atoms with Gasteiger partial charge in [-0.1, -0.05) is 0 Å². The minimum atomic E-state index is 0.741. The van der Waals surface area contributed by atoms with Crippen molar-refractivity contribution in [3.63, 3.8) is 0 Å². The second-order valence-electron chi connectivity index (χ2n) is 4.32. The lowest BCUT2D eigenvalue weighted by Crippen LogP contribution is -2.05. The highest BCUT2D eigenvalue weighted by Gasteiger charge is 2.23. The van der Waals surface area contributed by atoms with Crippen LogP contribution in [0.1, 0.15) is 12.8 Å². The molecule has 0 amide bonds. The Morgan fingerprint density at radius 3 is 3.00 bits per heavy atom. The molecule has 0 aromatic carbocycles. The molecule has 0 saturated heterocycles. The van der Waals surface area contributed by atoms with Crippen molar-refractivity contribution in [1.82, 2.24) is 14.8 Å². The van der Waals surface area contributed by atoms with Gasteiger partial charge in [-0.2, -0.15) is 5.10 Å². The van der Waals surface area contributed by atoms with E-state index in [1.54, 1.807) is 6.20 Å². The van der Waals surface area contributed by atoms with E-state index in [0.717, 1.165) is 29.5 Å².